The van der Waals surface area contributed by atoms with Gasteiger partial charge in [-0.2, -0.15) is 0 Å². The van der Waals surface area contributed by atoms with Crippen LogP contribution in [-0.4, -0.2) is 75.8 Å². The van der Waals surface area contributed by atoms with Crippen LogP contribution in [0.5, 0.6) is 0 Å². The lowest BCUT2D eigenvalue weighted by atomic mass is 10.0. The van der Waals surface area contributed by atoms with Crippen molar-refractivity contribution in [3.8, 4) is 0 Å². The van der Waals surface area contributed by atoms with E-state index in [1.165, 1.54) is 76.7 Å². The van der Waals surface area contributed by atoms with E-state index in [0.717, 1.165) is 38.5 Å². The highest BCUT2D eigenvalue weighted by Gasteiger charge is 2.21. The van der Waals surface area contributed by atoms with Crippen molar-refractivity contribution in [3.05, 3.63) is 48.6 Å². The second-order valence-corrected chi connectivity index (χ2v) is 16.5. The Kier molecular flexibility index (Phi) is 33.5. The lowest BCUT2D eigenvalue weighted by Crippen LogP contribution is -2.37. The van der Waals surface area contributed by atoms with E-state index in [9.17, 15) is 23.8 Å². The molecule has 0 aliphatic carbocycles. The summed E-state index contributed by atoms with van der Waals surface area (Å²) in [6, 6.07) is 0. The van der Waals surface area contributed by atoms with Gasteiger partial charge in [0.1, 0.15) is 19.8 Å². The van der Waals surface area contributed by atoms with E-state index >= 15 is 0 Å². The minimum absolute atomic E-state index is 0.0120. The third kappa shape index (κ3) is 37.9. The minimum Gasteiger partial charge on any atom is -0.756 e. The first-order valence-corrected chi connectivity index (χ1v) is 22.3. The molecule has 1 unspecified atom stereocenters. The third-order valence-electron chi connectivity index (χ3n) is 8.58. The minimum atomic E-state index is -4.67. The molecule has 0 aromatic carbocycles. The van der Waals surface area contributed by atoms with Crippen molar-refractivity contribution in [3.63, 3.8) is 0 Å². The number of esters is 2. The number of quaternary nitrogens is 1. The largest absolute Gasteiger partial charge is 0.756 e. The number of allylic oxidation sites excluding steroid dienone is 8. The average molecular weight is 782 g/mol. The topological polar surface area (TPSA) is 128 Å². The van der Waals surface area contributed by atoms with Crippen LogP contribution in [0.15, 0.2) is 48.6 Å². The van der Waals surface area contributed by atoms with Crippen LogP contribution in [0.2, 0.25) is 0 Å². The molecule has 0 N–H and O–H groups in total. The van der Waals surface area contributed by atoms with Crippen molar-refractivity contribution >= 4 is 25.5 Å². The number of hydrogen-bond acceptors (Lipinski definition) is 9. The van der Waals surface area contributed by atoms with Crippen LogP contribution >= 0.6 is 7.82 Å². The molecule has 0 rings (SSSR count). The van der Waals surface area contributed by atoms with Crippen molar-refractivity contribution in [2.45, 2.75) is 161 Å². The first-order valence-electron chi connectivity index (χ1n) is 20.8. The molecular formula is C43H76NO9P. The van der Waals surface area contributed by atoms with E-state index in [-0.39, 0.29) is 44.7 Å². The van der Waals surface area contributed by atoms with E-state index in [0.29, 0.717) is 17.4 Å². The lowest BCUT2D eigenvalue weighted by Gasteiger charge is -2.28. The third-order valence-corrected chi connectivity index (χ3v) is 9.54. The number of phosphoric ester groups is 1. The molecule has 0 bridgehead atoms. The van der Waals surface area contributed by atoms with E-state index in [1.54, 1.807) is 6.08 Å². The van der Waals surface area contributed by atoms with Gasteiger partial charge in [0, 0.05) is 19.3 Å². The van der Waals surface area contributed by atoms with Crippen molar-refractivity contribution in [1.29, 1.82) is 0 Å². The van der Waals surface area contributed by atoms with E-state index in [2.05, 4.69) is 38.2 Å². The predicted octanol–water partition coefficient (Wildman–Crippen LogP) is 10.1. The lowest BCUT2D eigenvalue weighted by molar-refractivity contribution is -0.870. The predicted molar refractivity (Wildman–Crippen MR) is 218 cm³/mol. The van der Waals surface area contributed by atoms with Gasteiger partial charge in [-0.15, -0.1) is 0 Å². The van der Waals surface area contributed by atoms with Crippen molar-refractivity contribution in [2.24, 2.45) is 0 Å². The molecule has 0 saturated carbocycles. The van der Waals surface area contributed by atoms with Crippen LogP contribution < -0.4 is 4.89 Å². The highest BCUT2D eigenvalue weighted by Crippen LogP contribution is 2.38. The molecular weight excluding hydrogens is 705 g/mol. The van der Waals surface area contributed by atoms with E-state index in [1.807, 2.05) is 33.3 Å². The normalized spacial score (nSPS) is 14.0. The number of ketones is 1. The summed E-state index contributed by atoms with van der Waals surface area (Å²) in [5.74, 6) is -1.20. The highest BCUT2D eigenvalue weighted by molar-refractivity contribution is 7.45. The summed E-state index contributed by atoms with van der Waals surface area (Å²) in [5, 5.41) is 0. The Morgan fingerprint density at radius 3 is 1.81 bits per heavy atom. The fraction of sp³-hybridized carbons (Fsp3) is 0.744. The first-order chi connectivity index (χ1) is 25.9. The summed E-state index contributed by atoms with van der Waals surface area (Å²) in [4.78, 5) is 49.6. The monoisotopic (exact) mass is 782 g/mol. The summed E-state index contributed by atoms with van der Waals surface area (Å²) < 4.78 is 33.6. The Morgan fingerprint density at radius 2 is 1.19 bits per heavy atom. The summed E-state index contributed by atoms with van der Waals surface area (Å²) >= 11 is 0. The zero-order valence-electron chi connectivity index (χ0n) is 34.6. The number of rotatable bonds is 37. The smallest absolute Gasteiger partial charge is 0.306 e. The molecule has 0 aliphatic rings. The van der Waals surface area contributed by atoms with Crippen LogP contribution in [0.3, 0.4) is 0 Å². The molecule has 10 nitrogen and oxygen atoms in total. The molecule has 312 valence electrons. The van der Waals surface area contributed by atoms with Gasteiger partial charge < -0.3 is 27.9 Å². The summed E-state index contributed by atoms with van der Waals surface area (Å²) in [7, 11) is 1.04. The quantitative estimate of drug-likeness (QED) is 0.0115. The van der Waals surface area contributed by atoms with Gasteiger partial charge in [-0.05, 0) is 44.6 Å². The Labute approximate surface area is 329 Å². The maximum Gasteiger partial charge on any atom is 0.306 e. The van der Waals surface area contributed by atoms with Gasteiger partial charge >= 0.3 is 11.9 Å². The van der Waals surface area contributed by atoms with Crippen molar-refractivity contribution in [2.75, 3.05) is 47.5 Å². The molecule has 0 fully saturated rings. The summed E-state index contributed by atoms with van der Waals surface area (Å²) in [5.41, 5.74) is 0. The van der Waals surface area contributed by atoms with Gasteiger partial charge in [0.25, 0.3) is 7.82 Å². The molecule has 0 amide bonds. The molecule has 54 heavy (non-hydrogen) atoms. The fourth-order valence-corrected chi connectivity index (χ4v) is 5.98. The number of ether oxygens (including phenoxy) is 2. The standard InChI is InChI=1S/C43H76NO9P/c1-6-8-10-12-14-16-18-20-21-23-25-27-29-32-40(45)33-31-35-42(46)50-38-41(39-52-54(48,49)51-37-36-44(3,4)5)53-43(47)34-30-28-26-24-22-19-17-15-13-11-9-7-2/h14,16,20-21,25,27,29,32,41H,6-13,15,17-19,22-24,26,28,30-31,33-39H2,1-5H3/b16-14-,21-20-,27-25-,32-29+/t41-/m1/s1. The highest BCUT2D eigenvalue weighted by atomic mass is 31.2. The molecule has 0 radical (unpaired) electrons. The summed E-state index contributed by atoms with van der Waals surface area (Å²) in [6.45, 7) is 3.90. The second kappa shape index (κ2) is 35.1. The van der Waals surface area contributed by atoms with Crippen LogP contribution in [0.4, 0.5) is 0 Å². The van der Waals surface area contributed by atoms with E-state index < -0.39 is 32.5 Å². The second-order valence-electron chi connectivity index (χ2n) is 15.0. The van der Waals surface area contributed by atoms with Gasteiger partial charge in [0.15, 0.2) is 11.9 Å². The van der Waals surface area contributed by atoms with Gasteiger partial charge in [-0.1, -0.05) is 140 Å². The number of nitrogens with zero attached hydrogens (tertiary/aromatic N) is 1. The van der Waals surface area contributed by atoms with Crippen molar-refractivity contribution in [1.82, 2.24) is 0 Å². The zero-order chi connectivity index (χ0) is 40.2. The van der Waals surface area contributed by atoms with Crippen LogP contribution in [-0.2, 0) is 37.5 Å². The number of phosphoric acid groups is 1. The van der Waals surface area contributed by atoms with Gasteiger partial charge in [0.2, 0.25) is 0 Å². The Bertz CT molecular complexity index is 1130. The Morgan fingerprint density at radius 1 is 0.630 bits per heavy atom. The number of unbranched alkanes of at least 4 members (excludes halogenated alkanes) is 14. The maximum absolute atomic E-state index is 12.6. The van der Waals surface area contributed by atoms with Gasteiger partial charge in [-0.25, -0.2) is 0 Å². The van der Waals surface area contributed by atoms with Crippen LogP contribution in [0.25, 0.3) is 0 Å². The molecule has 0 aliphatic heterocycles. The number of carbonyl (C=O) groups is 3. The molecule has 11 heteroatoms. The Hall–Kier alpha value is -2.36. The zero-order valence-corrected chi connectivity index (χ0v) is 35.5. The van der Waals surface area contributed by atoms with Crippen molar-refractivity contribution < 1.29 is 46.8 Å². The molecule has 0 heterocycles. The average Bonchev–Trinajstić information content (AvgIpc) is 3.11. The Balaban J connectivity index is 4.59. The van der Waals surface area contributed by atoms with Crippen LogP contribution in [0, 0.1) is 0 Å². The van der Waals surface area contributed by atoms with Crippen LogP contribution in [0.1, 0.15) is 155 Å². The fourth-order valence-electron chi connectivity index (χ4n) is 5.25. The maximum atomic E-state index is 12.6. The van der Waals surface area contributed by atoms with Gasteiger partial charge in [0.05, 0.1) is 27.7 Å². The molecule has 0 aromatic rings. The molecule has 0 aromatic heterocycles. The number of hydrogen-bond donors (Lipinski definition) is 0. The SMILES string of the molecule is CCCCC/C=C\C/C=C\C/C=C\C=C\C(=O)CCCC(=O)OC[C@H](COP(=O)([O-])OCC[N+](C)(C)C)OC(=O)CCCCCCCCCCCCCC. The molecule has 0 spiro atoms. The number of likely N-dealkylation sites (N-methyl/N-ethyl adjacent to an activating group) is 1. The summed E-state index contributed by atoms with van der Waals surface area (Å²) in [6.07, 6.45) is 35.7. The van der Waals surface area contributed by atoms with Gasteiger partial charge in [-0.3, -0.25) is 18.9 Å². The molecule has 0 saturated heterocycles. The number of carbonyl (C=O) groups excluding carboxylic acids is 3. The first kappa shape index (κ1) is 51.6. The molecule has 2 atom stereocenters. The van der Waals surface area contributed by atoms with E-state index in [4.69, 9.17) is 18.5 Å².